The van der Waals surface area contributed by atoms with Gasteiger partial charge in [0.15, 0.2) is 28.7 Å². The molecule has 9 rings (SSSR count). The molecule has 6 heteroatoms. The first-order valence-corrected chi connectivity index (χ1v) is 16.2. The molecule has 7 aromatic carbocycles. The molecule has 0 atom stereocenters. The summed E-state index contributed by atoms with van der Waals surface area (Å²) in [6, 6.07) is 54.4. The van der Waals surface area contributed by atoms with Crippen molar-refractivity contribution in [2.75, 3.05) is 9.80 Å². The van der Waals surface area contributed by atoms with E-state index in [-0.39, 0.29) is 0 Å². The highest BCUT2D eigenvalue weighted by Crippen LogP contribution is 2.61. The maximum atomic E-state index is 9.67. The van der Waals surface area contributed by atoms with Crippen molar-refractivity contribution in [2.45, 2.75) is 0 Å². The lowest BCUT2D eigenvalue weighted by Crippen LogP contribution is -2.22. The Morgan fingerprint density at radius 3 is 1.18 bits per heavy atom. The van der Waals surface area contributed by atoms with E-state index in [1.165, 1.54) is 0 Å². The first-order valence-electron chi connectivity index (χ1n) is 16.2. The van der Waals surface area contributed by atoms with Crippen LogP contribution in [0.4, 0.5) is 39.8 Å². The normalized spacial score (nSPS) is 12.2. The van der Waals surface area contributed by atoms with Crippen molar-refractivity contribution in [1.82, 2.24) is 0 Å². The van der Waals surface area contributed by atoms with E-state index in [1.807, 2.05) is 121 Å². The van der Waals surface area contributed by atoms with Gasteiger partial charge >= 0.3 is 0 Å². The van der Waals surface area contributed by atoms with Crippen LogP contribution in [0.2, 0.25) is 0 Å². The molecule has 0 saturated carbocycles. The standard InChI is InChI=1S/C44H26N4O2/c1-46-32-24-22-31(23-25-32)34-27-26-33(30-20-18-29(28-45)19-21-30)43(47-35-10-2-6-14-39(35)49-40-15-7-3-11-36(40)47)44(34)48-37-12-4-8-16-41(37)50-42-17-9-5-13-38(42)48/h2-27H. The molecule has 0 N–H and O–H groups in total. The molecule has 0 fully saturated rings. The number of fused-ring (bicyclic) bond motifs is 4. The van der Waals surface area contributed by atoms with Crippen molar-refractivity contribution in [3.63, 3.8) is 0 Å². The summed E-state index contributed by atoms with van der Waals surface area (Å²) in [7, 11) is 0. The first-order chi connectivity index (χ1) is 24.7. The Balaban J connectivity index is 1.46. The molecule has 2 heterocycles. The van der Waals surface area contributed by atoms with Gasteiger partial charge < -0.3 is 19.3 Å². The molecule has 50 heavy (non-hydrogen) atoms. The third kappa shape index (κ3) is 4.64. The maximum Gasteiger partial charge on any atom is 0.187 e. The van der Waals surface area contributed by atoms with Gasteiger partial charge in [-0.2, -0.15) is 5.26 Å². The first kappa shape index (κ1) is 28.9. The van der Waals surface area contributed by atoms with Crippen molar-refractivity contribution >= 4 is 39.8 Å². The van der Waals surface area contributed by atoms with E-state index in [9.17, 15) is 5.26 Å². The van der Waals surface area contributed by atoms with Gasteiger partial charge in [0, 0.05) is 11.1 Å². The molecule has 0 saturated heterocycles. The molecule has 0 bridgehead atoms. The summed E-state index contributed by atoms with van der Waals surface area (Å²) >= 11 is 0. The zero-order chi connectivity index (χ0) is 33.6. The summed E-state index contributed by atoms with van der Waals surface area (Å²) in [6.07, 6.45) is 0. The minimum Gasteiger partial charge on any atom is -0.453 e. The number of nitrogens with zero attached hydrogens (tertiary/aromatic N) is 4. The van der Waals surface area contributed by atoms with Gasteiger partial charge in [-0.25, -0.2) is 4.85 Å². The highest BCUT2D eigenvalue weighted by Gasteiger charge is 2.36. The monoisotopic (exact) mass is 642 g/mol. The van der Waals surface area contributed by atoms with E-state index < -0.39 is 0 Å². The predicted octanol–water partition coefficient (Wildman–Crippen LogP) is 12.6. The lowest BCUT2D eigenvalue weighted by molar-refractivity contribution is 0.476. The van der Waals surface area contributed by atoms with Gasteiger partial charge in [0.05, 0.1) is 52.3 Å². The van der Waals surface area contributed by atoms with Gasteiger partial charge in [-0.1, -0.05) is 97.1 Å². The van der Waals surface area contributed by atoms with Crippen molar-refractivity contribution in [3.8, 4) is 51.3 Å². The smallest absolute Gasteiger partial charge is 0.187 e. The molecule has 2 aliphatic rings. The van der Waals surface area contributed by atoms with Crippen LogP contribution in [0.25, 0.3) is 27.1 Å². The number of benzene rings is 7. The van der Waals surface area contributed by atoms with E-state index in [1.54, 1.807) is 0 Å². The topological polar surface area (TPSA) is 53.1 Å². The van der Waals surface area contributed by atoms with Gasteiger partial charge in [-0.3, -0.25) is 0 Å². The van der Waals surface area contributed by atoms with Crippen LogP contribution in [0, 0.1) is 17.9 Å². The van der Waals surface area contributed by atoms with Crippen LogP contribution in [0.3, 0.4) is 0 Å². The lowest BCUT2D eigenvalue weighted by Gasteiger charge is -2.40. The molecule has 234 valence electrons. The quantitative estimate of drug-likeness (QED) is 0.179. The Kier molecular flexibility index (Phi) is 6.79. The molecule has 0 unspecified atom stereocenters. The van der Waals surface area contributed by atoms with Crippen LogP contribution in [0.1, 0.15) is 5.56 Å². The lowest BCUT2D eigenvalue weighted by atomic mass is 9.92. The van der Waals surface area contributed by atoms with Crippen LogP contribution in [0.5, 0.6) is 23.0 Å². The van der Waals surface area contributed by atoms with Gasteiger partial charge in [0.1, 0.15) is 0 Å². The minimum atomic E-state index is 0.572. The van der Waals surface area contributed by atoms with Crippen LogP contribution in [0.15, 0.2) is 158 Å². The second-order valence-electron chi connectivity index (χ2n) is 12.0. The number of ether oxygens (including phenoxy) is 2. The van der Waals surface area contributed by atoms with E-state index in [2.05, 4.69) is 57.1 Å². The van der Waals surface area contributed by atoms with Crippen molar-refractivity contribution in [3.05, 3.63) is 175 Å². The Hall–Kier alpha value is -7.28. The van der Waals surface area contributed by atoms with Crippen LogP contribution < -0.4 is 19.3 Å². The van der Waals surface area contributed by atoms with Gasteiger partial charge in [-0.15, -0.1) is 0 Å². The summed E-state index contributed by atoms with van der Waals surface area (Å²) in [6.45, 7) is 7.61. The number of para-hydroxylation sites is 8. The fourth-order valence-electron chi connectivity index (χ4n) is 6.83. The van der Waals surface area contributed by atoms with Gasteiger partial charge in [-0.05, 0) is 71.8 Å². The van der Waals surface area contributed by atoms with Gasteiger partial charge in [0.25, 0.3) is 0 Å². The van der Waals surface area contributed by atoms with E-state index in [0.29, 0.717) is 11.3 Å². The molecule has 0 spiro atoms. The minimum absolute atomic E-state index is 0.572. The number of nitriles is 1. The highest BCUT2D eigenvalue weighted by molar-refractivity contribution is 6.08. The summed E-state index contributed by atoms with van der Waals surface area (Å²) in [5, 5.41) is 9.67. The third-order valence-electron chi connectivity index (χ3n) is 9.10. The molecule has 6 nitrogen and oxygen atoms in total. The molecular weight excluding hydrogens is 617 g/mol. The van der Waals surface area contributed by atoms with E-state index in [4.69, 9.17) is 16.0 Å². The summed E-state index contributed by atoms with van der Waals surface area (Å²) in [5.41, 5.74) is 10.4. The van der Waals surface area contributed by atoms with Crippen molar-refractivity contribution in [1.29, 1.82) is 5.26 Å². The van der Waals surface area contributed by atoms with Crippen molar-refractivity contribution in [2.24, 2.45) is 0 Å². The van der Waals surface area contributed by atoms with E-state index >= 15 is 0 Å². The largest absolute Gasteiger partial charge is 0.453 e. The van der Waals surface area contributed by atoms with Crippen LogP contribution in [-0.2, 0) is 0 Å². The van der Waals surface area contributed by atoms with Gasteiger partial charge in [0.2, 0.25) is 0 Å². The fourth-order valence-corrected chi connectivity index (χ4v) is 6.83. The molecule has 0 amide bonds. The number of anilines is 6. The average molecular weight is 643 g/mol. The molecule has 0 aromatic heterocycles. The molecule has 2 aliphatic heterocycles. The second kappa shape index (κ2) is 11.8. The van der Waals surface area contributed by atoms with Crippen LogP contribution in [-0.4, -0.2) is 0 Å². The summed E-state index contributed by atoms with van der Waals surface area (Å²) in [5.74, 6) is 2.94. The summed E-state index contributed by atoms with van der Waals surface area (Å²) < 4.78 is 13.0. The zero-order valence-corrected chi connectivity index (χ0v) is 26.6. The average Bonchev–Trinajstić information content (AvgIpc) is 3.18. The number of hydrogen-bond donors (Lipinski definition) is 0. The Labute approximate surface area is 289 Å². The van der Waals surface area contributed by atoms with Crippen LogP contribution >= 0.6 is 0 Å². The predicted molar refractivity (Wildman–Crippen MR) is 198 cm³/mol. The number of hydrogen-bond acceptors (Lipinski definition) is 5. The maximum absolute atomic E-state index is 9.67. The highest BCUT2D eigenvalue weighted by atomic mass is 16.5. The third-order valence-corrected chi connectivity index (χ3v) is 9.10. The second-order valence-corrected chi connectivity index (χ2v) is 12.0. The Morgan fingerprint density at radius 2 is 0.820 bits per heavy atom. The Bertz CT molecular complexity index is 2260. The van der Waals surface area contributed by atoms with Crippen molar-refractivity contribution < 1.29 is 9.47 Å². The summed E-state index contributed by atoms with van der Waals surface area (Å²) in [4.78, 5) is 8.24. The Morgan fingerprint density at radius 1 is 0.460 bits per heavy atom. The molecule has 0 radical (unpaired) electrons. The molecule has 0 aliphatic carbocycles. The SMILES string of the molecule is [C-]#[N+]c1ccc(-c2ccc(-c3ccc(C#N)cc3)c(N3c4ccccc4Oc4ccccc43)c2N2c3ccccc3Oc3ccccc32)cc1. The fraction of sp³-hybridized carbons (Fsp3) is 0. The molecule has 7 aromatic rings. The van der Waals surface area contributed by atoms with E-state index in [0.717, 1.165) is 79.4 Å². The number of rotatable bonds is 4. The molecular formula is C44H26N4O2. The zero-order valence-electron chi connectivity index (χ0n) is 26.6.